The number of sulfonamides is 1. The predicted octanol–water partition coefficient (Wildman–Crippen LogP) is 1.78. The van der Waals surface area contributed by atoms with Crippen molar-refractivity contribution in [3.8, 4) is 0 Å². The first-order valence-corrected chi connectivity index (χ1v) is 10.4. The van der Waals surface area contributed by atoms with E-state index in [1.54, 1.807) is 12.1 Å². The van der Waals surface area contributed by atoms with Gasteiger partial charge in [-0.15, -0.1) is 0 Å². The summed E-state index contributed by atoms with van der Waals surface area (Å²) in [6.07, 6.45) is 1.42. The SMILES string of the molecule is CN(C)Cc1ccccc1CNc1ccc(S(=O)(=O)N2CCOCC2)cn1. The third-order valence-electron chi connectivity index (χ3n) is 4.41. The molecule has 0 amide bonds. The molecule has 7 nitrogen and oxygen atoms in total. The average molecular weight is 391 g/mol. The zero-order chi connectivity index (χ0) is 19.3. The lowest BCUT2D eigenvalue weighted by Crippen LogP contribution is -2.40. The minimum absolute atomic E-state index is 0.211. The largest absolute Gasteiger partial charge is 0.379 e. The molecular weight excluding hydrogens is 364 g/mol. The van der Waals surface area contributed by atoms with Gasteiger partial charge in [0, 0.05) is 32.4 Å². The van der Waals surface area contributed by atoms with Gasteiger partial charge in [-0.3, -0.25) is 0 Å². The summed E-state index contributed by atoms with van der Waals surface area (Å²) in [4.78, 5) is 6.63. The number of nitrogens with zero attached hydrogens (tertiary/aromatic N) is 3. The summed E-state index contributed by atoms with van der Waals surface area (Å²) in [6.45, 7) is 3.11. The summed E-state index contributed by atoms with van der Waals surface area (Å²) in [5, 5.41) is 3.27. The van der Waals surface area contributed by atoms with E-state index in [0.717, 1.165) is 6.54 Å². The molecule has 0 aliphatic carbocycles. The quantitative estimate of drug-likeness (QED) is 0.777. The van der Waals surface area contributed by atoms with Crippen LogP contribution in [-0.2, 0) is 27.8 Å². The Hall–Kier alpha value is -2.00. The number of morpholine rings is 1. The standard InChI is InChI=1S/C19H26N4O3S/c1-22(2)15-17-6-4-3-5-16(17)13-20-19-8-7-18(14-21-19)27(24,25)23-9-11-26-12-10-23/h3-8,14H,9-13,15H2,1-2H3,(H,20,21). The Morgan fingerprint density at radius 1 is 1.11 bits per heavy atom. The predicted molar refractivity (Wildman–Crippen MR) is 105 cm³/mol. The fraction of sp³-hybridized carbons (Fsp3) is 0.421. The van der Waals surface area contributed by atoms with Gasteiger partial charge in [-0.25, -0.2) is 13.4 Å². The van der Waals surface area contributed by atoms with Gasteiger partial charge in [0.1, 0.15) is 10.7 Å². The van der Waals surface area contributed by atoms with Crippen molar-refractivity contribution in [3.05, 3.63) is 53.7 Å². The first-order chi connectivity index (χ1) is 13.0. The van der Waals surface area contributed by atoms with Gasteiger partial charge in [0.15, 0.2) is 0 Å². The normalized spacial score (nSPS) is 15.8. The van der Waals surface area contributed by atoms with Gasteiger partial charge in [-0.2, -0.15) is 4.31 Å². The second-order valence-corrected chi connectivity index (χ2v) is 8.69. The van der Waals surface area contributed by atoms with Gasteiger partial charge >= 0.3 is 0 Å². The maximum Gasteiger partial charge on any atom is 0.244 e. The summed E-state index contributed by atoms with van der Waals surface area (Å²) in [5.74, 6) is 0.649. The molecule has 8 heteroatoms. The molecule has 1 fully saturated rings. The molecule has 0 bridgehead atoms. The molecule has 0 spiro atoms. The third kappa shape index (κ3) is 5.04. The van der Waals surface area contributed by atoms with Crippen LogP contribution >= 0.6 is 0 Å². The van der Waals surface area contributed by atoms with Gasteiger partial charge in [-0.05, 0) is 37.4 Å². The van der Waals surface area contributed by atoms with E-state index in [1.165, 1.54) is 21.6 Å². The van der Waals surface area contributed by atoms with Crippen LogP contribution in [0.2, 0.25) is 0 Å². The summed E-state index contributed by atoms with van der Waals surface area (Å²) in [5.41, 5.74) is 2.44. The average Bonchev–Trinajstić information content (AvgIpc) is 2.68. The first kappa shape index (κ1) is 19.8. The van der Waals surface area contributed by atoms with E-state index in [4.69, 9.17) is 4.74 Å². The second-order valence-electron chi connectivity index (χ2n) is 6.76. The Morgan fingerprint density at radius 2 is 1.81 bits per heavy atom. The van der Waals surface area contributed by atoms with E-state index < -0.39 is 10.0 Å². The molecule has 27 heavy (non-hydrogen) atoms. The molecule has 1 aliphatic rings. The maximum absolute atomic E-state index is 12.6. The van der Waals surface area contributed by atoms with Crippen LogP contribution in [0.4, 0.5) is 5.82 Å². The molecule has 0 atom stereocenters. The zero-order valence-electron chi connectivity index (χ0n) is 15.8. The second kappa shape index (κ2) is 8.79. The topological polar surface area (TPSA) is 74.8 Å². The Bertz CT molecular complexity index is 848. The number of hydrogen-bond donors (Lipinski definition) is 1. The number of rotatable bonds is 7. The number of pyridine rings is 1. The summed E-state index contributed by atoms with van der Waals surface area (Å²) < 4.78 is 31.9. The van der Waals surface area contributed by atoms with Crippen LogP contribution in [0.1, 0.15) is 11.1 Å². The van der Waals surface area contributed by atoms with E-state index in [-0.39, 0.29) is 4.90 Å². The molecule has 0 unspecified atom stereocenters. The summed E-state index contributed by atoms with van der Waals surface area (Å²) in [6, 6.07) is 11.6. The Morgan fingerprint density at radius 3 is 2.44 bits per heavy atom. The highest BCUT2D eigenvalue weighted by molar-refractivity contribution is 7.89. The number of nitrogens with one attached hydrogen (secondary N) is 1. The van der Waals surface area contributed by atoms with Crippen molar-refractivity contribution in [1.82, 2.24) is 14.2 Å². The van der Waals surface area contributed by atoms with Crippen LogP contribution in [0.15, 0.2) is 47.5 Å². The van der Waals surface area contributed by atoms with Crippen molar-refractivity contribution in [2.45, 2.75) is 18.0 Å². The lowest BCUT2D eigenvalue weighted by atomic mass is 10.1. The Kier molecular flexibility index (Phi) is 6.43. The number of ether oxygens (including phenoxy) is 1. The van der Waals surface area contributed by atoms with Crippen molar-refractivity contribution in [3.63, 3.8) is 0 Å². The van der Waals surface area contributed by atoms with Crippen LogP contribution in [0.25, 0.3) is 0 Å². The molecular formula is C19H26N4O3S. The van der Waals surface area contributed by atoms with Crippen LogP contribution < -0.4 is 5.32 Å². The van der Waals surface area contributed by atoms with Gasteiger partial charge < -0.3 is 15.0 Å². The van der Waals surface area contributed by atoms with Crippen LogP contribution in [0, 0.1) is 0 Å². The summed E-state index contributed by atoms with van der Waals surface area (Å²) in [7, 11) is 0.574. The van der Waals surface area contributed by atoms with Gasteiger partial charge in [0.25, 0.3) is 0 Å². The van der Waals surface area contributed by atoms with Crippen LogP contribution in [0.3, 0.4) is 0 Å². The number of hydrogen-bond acceptors (Lipinski definition) is 6. The molecule has 0 radical (unpaired) electrons. The number of aromatic nitrogens is 1. The summed E-state index contributed by atoms with van der Waals surface area (Å²) >= 11 is 0. The zero-order valence-corrected chi connectivity index (χ0v) is 16.6. The fourth-order valence-corrected chi connectivity index (χ4v) is 4.34. The number of benzene rings is 1. The molecule has 146 valence electrons. The van der Waals surface area contributed by atoms with Crippen molar-refractivity contribution in [2.75, 3.05) is 45.7 Å². The molecule has 3 rings (SSSR count). The van der Waals surface area contributed by atoms with Gasteiger partial charge in [-0.1, -0.05) is 24.3 Å². The Balaban J connectivity index is 1.66. The van der Waals surface area contributed by atoms with Crippen molar-refractivity contribution in [2.24, 2.45) is 0 Å². The molecule has 1 N–H and O–H groups in total. The molecule has 1 saturated heterocycles. The lowest BCUT2D eigenvalue weighted by Gasteiger charge is -2.25. The first-order valence-electron chi connectivity index (χ1n) is 8.96. The molecule has 1 aromatic heterocycles. The minimum atomic E-state index is -3.51. The fourth-order valence-electron chi connectivity index (χ4n) is 2.98. The van der Waals surface area contributed by atoms with E-state index in [2.05, 4.69) is 27.3 Å². The van der Waals surface area contributed by atoms with Crippen LogP contribution in [-0.4, -0.2) is 63.0 Å². The van der Waals surface area contributed by atoms with Gasteiger partial charge in [0.2, 0.25) is 10.0 Å². The van der Waals surface area contributed by atoms with E-state index in [0.29, 0.717) is 38.7 Å². The van der Waals surface area contributed by atoms with E-state index in [1.807, 2.05) is 26.2 Å². The molecule has 2 aromatic rings. The van der Waals surface area contributed by atoms with Crippen LogP contribution in [0.5, 0.6) is 0 Å². The highest BCUT2D eigenvalue weighted by Crippen LogP contribution is 2.18. The molecule has 2 heterocycles. The molecule has 1 aromatic carbocycles. The van der Waals surface area contributed by atoms with Gasteiger partial charge in [0.05, 0.1) is 13.2 Å². The third-order valence-corrected chi connectivity index (χ3v) is 6.29. The monoisotopic (exact) mass is 390 g/mol. The maximum atomic E-state index is 12.6. The number of anilines is 1. The molecule has 1 aliphatic heterocycles. The molecule has 0 saturated carbocycles. The smallest absolute Gasteiger partial charge is 0.244 e. The minimum Gasteiger partial charge on any atom is -0.379 e. The van der Waals surface area contributed by atoms with E-state index >= 15 is 0 Å². The van der Waals surface area contributed by atoms with Crippen molar-refractivity contribution < 1.29 is 13.2 Å². The van der Waals surface area contributed by atoms with Crippen molar-refractivity contribution in [1.29, 1.82) is 0 Å². The highest BCUT2D eigenvalue weighted by atomic mass is 32.2. The van der Waals surface area contributed by atoms with E-state index in [9.17, 15) is 8.42 Å². The highest BCUT2D eigenvalue weighted by Gasteiger charge is 2.26. The van der Waals surface area contributed by atoms with Crippen molar-refractivity contribution >= 4 is 15.8 Å². The lowest BCUT2D eigenvalue weighted by molar-refractivity contribution is 0.0730. The Labute approximate surface area is 161 Å².